The van der Waals surface area contributed by atoms with Gasteiger partial charge in [0.1, 0.15) is 5.60 Å². The number of rotatable bonds is 8. The van der Waals surface area contributed by atoms with Crippen LogP contribution in [0.2, 0.25) is 0 Å². The predicted molar refractivity (Wildman–Crippen MR) is 121 cm³/mol. The highest BCUT2D eigenvalue weighted by Crippen LogP contribution is 2.21. The molecule has 1 saturated heterocycles. The molecule has 8 heteroatoms. The summed E-state index contributed by atoms with van der Waals surface area (Å²) >= 11 is 0. The van der Waals surface area contributed by atoms with Crippen molar-refractivity contribution in [3.8, 4) is 0 Å². The maximum atomic E-state index is 12.2. The SMILES string of the molecule is CCNC(=NCCCOC)NCCC1CCCN(C(=O)OC(C)(C)C)C1.I. The lowest BCUT2D eigenvalue weighted by Gasteiger charge is -2.34. The molecule has 0 bridgehead atoms. The van der Waals surface area contributed by atoms with Crippen LogP contribution < -0.4 is 10.6 Å². The number of halogens is 1. The molecule has 0 aromatic heterocycles. The van der Waals surface area contributed by atoms with E-state index in [1.807, 2.05) is 25.7 Å². The third kappa shape index (κ3) is 12.3. The second-order valence-corrected chi connectivity index (χ2v) is 7.76. The van der Waals surface area contributed by atoms with Crippen molar-refractivity contribution in [3.05, 3.63) is 0 Å². The Kier molecular flexibility index (Phi) is 13.9. The molecule has 0 aromatic carbocycles. The second-order valence-electron chi connectivity index (χ2n) is 7.76. The Balaban J connectivity index is 0.00000676. The maximum Gasteiger partial charge on any atom is 0.410 e. The molecule has 0 radical (unpaired) electrons. The summed E-state index contributed by atoms with van der Waals surface area (Å²) < 4.78 is 10.5. The minimum atomic E-state index is -0.439. The van der Waals surface area contributed by atoms with Gasteiger partial charge in [-0.25, -0.2) is 4.79 Å². The monoisotopic (exact) mass is 498 g/mol. The molecule has 1 amide bonds. The Hall–Kier alpha value is -0.770. The van der Waals surface area contributed by atoms with Gasteiger partial charge in [-0.05, 0) is 59.3 Å². The van der Waals surface area contributed by atoms with Gasteiger partial charge in [0.2, 0.25) is 0 Å². The van der Waals surface area contributed by atoms with E-state index in [1.54, 1.807) is 7.11 Å². The summed E-state index contributed by atoms with van der Waals surface area (Å²) in [6, 6.07) is 0. The molecular weight excluding hydrogens is 459 g/mol. The molecule has 7 nitrogen and oxygen atoms in total. The number of carbonyl (C=O) groups is 1. The molecular formula is C19H39IN4O3. The Labute approximate surface area is 182 Å². The molecule has 1 fully saturated rings. The Morgan fingerprint density at radius 2 is 2.04 bits per heavy atom. The van der Waals surface area contributed by atoms with Crippen LogP contribution in [-0.2, 0) is 9.47 Å². The molecule has 2 N–H and O–H groups in total. The lowest BCUT2D eigenvalue weighted by atomic mass is 9.95. The Morgan fingerprint density at radius 1 is 1.30 bits per heavy atom. The van der Waals surface area contributed by atoms with Gasteiger partial charge < -0.3 is 25.0 Å². The van der Waals surface area contributed by atoms with E-state index in [0.29, 0.717) is 5.92 Å². The first-order chi connectivity index (χ1) is 12.4. The fraction of sp³-hybridized carbons (Fsp3) is 0.895. The molecule has 1 aliphatic rings. The molecule has 1 atom stereocenters. The van der Waals surface area contributed by atoms with Crippen LogP contribution in [0.4, 0.5) is 4.79 Å². The van der Waals surface area contributed by atoms with E-state index in [-0.39, 0.29) is 30.1 Å². The van der Waals surface area contributed by atoms with Crippen LogP contribution in [0.25, 0.3) is 0 Å². The van der Waals surface area contributed by atoms with E-state index in [9.17, 15) is 4.79 Å². The van der Waals surface area contributed by atoms with Crippen molar-refractivity contribution < 1.29 is 14.3 Å². The zero-order valence-corrected chi connectivity index (χ0v) is 20.0. The number of hydrogen-bond acceptors (Lipinski definition) is 4. The van der Waals surface area contributed by atoms with E-state index < -0.39 is 5.60 Å². The van der Waals surface area contributed by atoms with Gasteiger partial charge in [0.15, 0.2) is 5.96 Å². The highest BCUT2D eigenvalue weighted by Gasteiger charge is 2.27. The topological polar surface area (TPSA) is 75.2 Å². The zero-order valence-electron chi connectivity index (χ0n) is 17.7. The number of carbonyl (C=O) groups excluding carboxylic acids is 1. The first-order valence-electron chi connectivity index (χ1n) is 9.84. The minimum absolute atomic E-state index is 0. The van der Waals surface area contributed by atoms with Crippen molar-refractivity contribution in [2.24, 2.45) is 10.9 Å². The van der Waals surface area contributed by atoms with E-state index >= 15 is 0 Å². The van der Waals surface area contributed by atoms with Gasteiger partial charge in [-0.15, -0.1) is 24.0 Å². The summed E-state index contributed by atoms with van der Waals surface area (Å²) in [4.78, 5) is 18.6. The summed E-state index contributed by atoms with van der Waals surface area (Å²) in [7, 11) is 1.71. The number of nitrogens with one attached hydrogen (secondary N) is 2. The van der Waals surface area contributed by atoms with Crippen LogP contribution in [0.15, 0.2) is 4.99 Å². The Bertz CT molecular complexity index is 441. The van der Waals surface area contributed by atoms with E-state index in [4.69, 9.17) is 9.47 Å². The second kappa shape index (κ2) is 14.3. The largest absolute Gasteiger partial charge is 0.444 e. The standard InChI is InChI=1S/C19H38N4O3.HI/c1-6-20-17(21-11-8-14-25-5)22-12-10-16-9-7-13-23(15-16)18(24)26-19(2,3)4;/h16H,6-15H2,1-5H3,(H2,20,21,22);1H. The van der Waals surface area contributed by atoms with E-state index in [2.05, 4.69) is 22.5 Å². The average Bonchev–Trinajstić information content (AvgIpc) is 2.57. The average molecular weight is 498 g/mol. The van der Waals surface area contributed by atoms with Crippen molar-refractivity contribution in [1.29, 1.82) is 0 Å². The van der Waals surface area contributed by atoms with Crippen LogP contribution in [-0.4, -0.2) is 69.0 Å². The fourth-order valence-corrected chi connectivity index (χ4v) is 2.93. The van der Waals surface area contributed by atoms with Crippen molar-refractivity contribution in [2.45, 2.75) is 59.0 Å². The summed E-state index contributed by atoms with van der Waals surface area (Å²) in [6.07, 6.45) is 3.93. The number of methoxy groups -OCH3 is 1. The number of piperidine rings is 1. The van der Waals surface area contributed by atoms with Crippen molar-refractivity contribution in [1.82, 2.24) is 15.5 Å². The summed E-state index contributed by atoms with van der Waals surface area (Å²) in [6.45, 7) is 12.5. The van der Waals surface area contributed by atoms with Crippen LogP contribution in [0.1, 0.15) is 53.4 Å². The van der Waals surface area contributed by atoms with Gasteiger partial charge in [0.25, 0.3) is 0 Å². The van der Waals surface area contributed by atoms with Gasteiger partial charge >= 0.3 is 6.09 Å². The number of ether oxygens (including phenoxy) is 2. The van der Waals surface area contributed by atoms with Crippen LogP contribution in [0.5, 0.6) is 0 Å². The molecule has 0 spiro atoms. The number of hydrogen-bond donors (Lipinski definition) is 2. The van der Waals surface area contributed by atoms with Crippen LogP contribution in [0.3, 0.4) is 0 Å². The highest BCUT2D eigenvalue weighted by molar-refractivity contribution is 14.0. The molecule has 1 aliphatic heterocycles. The number of amides is 1. The number of nitrogens with zero attached hydrogens (tertiary/aromatic N) is 2. The minimum Gasteiger partial charge on any atom is -0.444 e. The molecule has 1 rings (SSSR count). The molecule has 1 unspecified atom stereocenters. The van der Waals surface area contributed by atoms with Crippen molar-refractivity contribution in [2.75, 3.05) is 46.4 Å². The highest BCUT2D eigenvalue weighted by atomic mass is 127. The maximum absolute atomic E-state index is 12.2. The summed E-state index contributed by atoms with van der Waals surface area (Å²) in [5.74, 6) is 1.35. The number of likely N-dealkylation sites (tertiary alicyclic amines) is 1. The van der Waals surface area contributed by atoms with Crippen molar-refractivity contribution in [3.63, 3.8) is 0 Å². The van der Waals surface area contributed by atoms with Gasteiger partial charge in [-0.1, -0.05) is 0 Å². The normalized spacial score (nSPS) is 17.9. The number of guanidine groups is 1. The smallest absolute Gasteiger partial charge is 0.410 e. The molecule has 0 aliphatic carbocycles. The third-order valence-electron chi connectivity index (χ3n) is 4.14. The molecule has 0 aromatic rings. The zero-order chi connectivity index (χ0) is 19.4. The Morgan fingerprint density at radius 3 is 2.67 bits per heavy atom. The molecule has 27 heavy (non-hydrogen) atoms. The lowest BCUT2D eigenvalue weighted by Crippen LogP contribution is -2.44. The van der Waals surface area contributed by atoms with Gasteiger partial charge in [0.05, 0.1) is 0 Å². The number of aliphatic imine (C=N–C) groups is 1. The van der Waals surface area contributed by atoms with Gasteiger partial charge in [-0.3, -0.25) is 4.99 Å². The summed E-state index contributed by atoms with van der Waals surface area (Å²) in [5, 5.41) is 6.65. The van der Waals surface area contributed by atoms with Gasteiger partial charge in [0, 0.05) is 46.4 Å². The molecule has 1 heterocycles. The van der Waals surface area contributed by atoms with Crippen LogP contribution in [0, 0.1) is 5.92 Å². The fourth-order valence-electron chi connectivity index (χ4n) is 2.93. The van der Waals surface area contributed by atoms with E-state index in [1.165, 1.54) is 0 Å². The first-order valence-corrected chi connectivity index (χ1v) is 9.84. The lowest BCUT2D eigenvalue weighted by molar-refractivity contribution is 0.0162. The quantitative estimate of drug-likeness (QED) is 0.233. The van der Waals surface area contributed by atoms with E-state index in [0.717, 1.165) is 71.0 Å². The first kappa shape index (κ1) is 26.2. The molecule has 0 saturated carbocycles. The summed E-state index contributed by atoms with van der Waals surface area (Å²) in [5.41, 5.74) is -0.439. The third-order valence-corrected chi connectivity index (χ3v) is 4.14. The van der Waals surface area contributed by atoms with Crippen molar-refractivity contribution >= 4 is 36.0 Å². The molecule has 160 valence electrons. The van der Waals surface area contributed by atoms with Crippen LogP contribution >= 0.6 is 24.0 Å². The van der Waals surface area contributed by atoms with Gasteiger partial charge in [-0.2, -0.15) is 0 Å². The predicted octanol–water partition coefficient (Wildman–Crippen LogP) is 3.23.